The van der Waals surface area contributed by atoms with Crippen molar-refractivity contribution in [2.75, 3.05) is 23.7 Å². The zero-order chi connectivity index (χ0) is 31.9. The van der Waals surface area contributed by atoms with Gasteiger partial charge in [0.05, 0.1) is 36.8 Å². The number of nitrogens with zero attached hydrogens (tertiary/aromatic N) is 3. The largest absolute Gasteiger partial charge is 0.478 e. The third-order valence-corrected chi connectivity index (χ3v) is 13.6. The monoisotopic (exact) mass is 625 g/mol. The van der Waals surface area contributed by atoms with Crippen molar-refractivity contribution in [3.05, 3.63) is 77.7 Å². The molecule has 4 rings (SSSR count). The average Bonchev–Trinajstić information content (AvgIpc) is 3.28. The molecule has 2 aromatic carbocycles. The highest BCUT2D eigenvalue weighted by Gasteiger charge is 2.37. The fraction of sp³-hybridized carbons (Fsp3) is 0.323. The Bertz CT molecular complexity index is 1810. The van der Waals surface area contributed by atoms with Crippen molar-refractivity contribution in [2.45, 2.75) is 45.8 Å². The van der Waals surface area contributed by atoms with Gasteiger partial charge in [-0.2, -0.15) is 5.10 Å². The molecule has 0 aliphatic carbocycles. The summed E-state index contributed by atoms with van der Waals surface area (Å²) in [6.07, 6.45) is 2.56. The SMILES string of the molecule is CC(=O)c1cccc(-c2cc3c(C(=O)O)c(-c4ccc(F)cc4)nn3cc2N(CCO[Si](C)(C)C(C)(C)C)S(C)(=O)=O)c1. The fourth-order valence-electron chi connectivity index (χ4n) is 4.50. The molecule has 0 aliphatic rings. The molecule has 0 atom stereocenters. The fourth-order valence-corrected chi connectivity index (χ4v) is 6.45. The Balaban J connectivity index is 1.98. The van der Waals surface area contributed by atoms with E-state index in [2.05, 4.69) is 39.0 Å². The number of halogens is 1. The number of carboxylic acids is 1. The molecule has 0 amide bonds. The number of hydrogen-bond acceptors (Lipinski definition) is 6. The Morgan fingerprint density at radius 1 is 1.07 bits per heavy atom. The number of aromatic nitrogens is 2. The van der Waals surface area contributed by atoms with Gasteiger partial charge in [-0.1, -0.05) is 39.0 Å². The van der Waals surface area contributed by atoms with Gasteiger partial charge in [0, 0.05) is 16.7 Å². The highest BCUT2D eigenvalue weighted by atomic mass is 32.2. The normalized spacial score (nSPS) is 12.5. The Labute approximate surface area is 252 Å². The van der Waals surface area contributed by atoms with Gasteiger partial charge < -0.3 is 9.53 Å². The molecule has 0 unspecified atom stereocenters. The van der Waals surface area contributed by atoms with Crippen molar-refractivity contribution < 1.29 is 31.9 Å². The van der Waals surface area contributed by atoms with E-state index in [0.29, 0.717) is 22.3 Å². The smallest absolute Gasteiger partial charge is 0.340 e. The van der Waals surface area contributed by atoms with Gasteiger partial charge in [0.25, 0.3) is 0 Å². The molecule has 4 aromatic rings. The number of carbonyl (C=O) groups excluding carboxylic acids is 1. The van der Waals surface area contributed by atoms with Crippen molar-refractivity contribution in [3.63, 3.8) is 0 Å². The first-order valence-electron chi connectivity index (χ1n) is 13.7. The Morgan fingerprint density at radius 3 is 2.28 bits per heavy atom. The van der Waals surface area contributed by atoms with E-state index in [-0.39, 0.29) is 46.4 Å². The van der Waals surface area contributed by atoms with Gasteiger partial charge in [-0.3, -0.25) is 9.10 Å². The lowest BCUT2D eigenvalue weighted by molar-refractivity contribution is 0.0699. The highest BCUT2D eigenvalue weighted by molar-refractivity contribution is 7.92. The van der Waals surface area contributed by atoms with E-state index in [4.69, 9.17) is 4.43 Å². The van der Waals surface area contributed by atoms with Crippen molar-refractivity contribution >= 4 is 41.3 Å². The number of ketones is 1. The van der Waals surface area contributed by atoms with Crippen molar-refractivity contribution in [1.82, 2.24) is 9.61 Å². The van der Waals surface area contributed by atoms with E-state index in [0.717, 1.165) is 6.26 Å². The lowest BCUT2D eigenvalue weighted by Crippen LogP contribution is -2.43. The second-order valence-corrected chi connectivity index (χ2v) is 18.7. The molecule has 2 aromatic heterocycles. The standard InChI is InChI=1S/C31H36FN3O6SSi/c1-20(36)22-9-8-10-23(17-22)25-18-26-28(30(37)38)29(21-11-13-24(32)14-12-21)33-34(26)19-27(25)35(42(5,39)40)15-16-41-43(6,7)31(2,3)4/h8-14,17-19H,15-16H2,1-7H3,(H,37,38). The number of Topliss-reactive ketones (excluding diaryl/α,β-unsaturated/α-hetero) is 1. The minimum atomic E-state index is -3.87. The summed E-state index contributed by atoms with van der Waals surface area (Å²) >= 11 is 0. The molecule has 9 nitrogen and oxygen atoms in total. The molecule has 0 aliphatic heterocycles. The van der Waals surface area contributed by atoms with Crippen LogP contribution in [0, 0.1) is 5.82 Å². The molecule has 2 heterocycles. The van der Waals surface area contributed by atoms with Crippen LogP contribution in [-0.2, 0) is 14.4 Å². The van der Waals surface area contributed by atoms with Crippen LogP contribution in [0.5, 0.6) is 0 Å². The number of fused-ring (bicyclic) bond motifs is 1. The van der Waals surface area contributed by atoms with Crippen molar-refractivity contribution in [2.24, 2.45) is 0 Å². The van der Waals surface area contributed by atoms with Crippen LogP contribution in [0.2, 0.25) is 18.1 Å². The average molecular weight is 626 g/mol. The lowest BCUT2D eigenvalue weighted by atomic mass is 9.99. The molecule has 12 heteroatoms. The number of rotatable bonds is 10. The maximum Gasteiger partial charge on any atom is 0.340 e. The number of carboxylic acid groups (broad SMARTS) is 1. The van der Waals surface area contributed by atoms with Gasteiger partial charge >= 0.3 is 5.97 Å². The molecule has 0 saturated heterocycles. The van der Waals surface area contributed by atoms with Crippen LogP contribution < -0.4 is 4.31 Å². The van der Waals surface area contributed by atoms with Crippen molar-refractivity contribution in [1.29, 1.82) is 0 Å². The predicted molar refractivity (Wildman–Crippen MR) is 168 cm³/mol. The summed E-state index contributed by atoms with van der Waals surface area (Å²) in [6, 6.07) is 13.6. The summed E-state index contributed by atoms with van der Waals surface area (Å²) in [5.41, 5.74) is 2.10. The first-order valence-corrected chi connectivity index (χ1v) is 18.4. The zero-order valence-electron chi connectivity index (χ0n) is 25.3. The van der Waals surface area contributed by atoms with E-state index in [1.54, 1.807) is 30.3 Å². The van der Waals surface area contributed by atoms with Crippen LogP contribution in [0.25, 0.3) is 27.9 Å². The maximum absolute atomic E-state index is 13.7. The molecule has 0 fully saturated rings. The number of sulfonamides is 1. The van der Waals surface area contributed by atoms with Crippen LogP contribution in [0.15, 0.2) is 60.8 Å². The van der Waals surface area contributed by atoms with Gasteiger partial charge in [-0.25, -0.2) is 22.1 Å². The summed E-state index contributed by atoms with van der Waals surface area (Å²) in [4.78, 5) is 24.8. The van der Waals surface area contributed by atoms with Gasteiger partial charge in [0.2, 0.25) is 10.0 Å². The number of carbonyl (C=O) groups is 2. The lowest BCUT2D eigenvalue weighted by Gasteiger charge is -2.37. The van der Waals surface area contributed by atoms with E-state index < -0.39 is 30.1 Å². The Kier molecular flexibility index (Phi) is 8.69. The minimum Gasteiger partial charge on any atom is -0.478 e. The van der Waals surface area contributed by atoms with Crippen molar-refractivity contribution in [3.8, 4) is 22.4 Å². The second kappa shape index (κ2) is 11.7. The number of aromatic carboxylic acids is 1. The van der Waals surface area contributed by atoms with E-state index in [1.807, 2.05) is 0 Å². The number of benzene rings is 2. The zero-order valence-corrected chi connectivity index (χ0v) is 27.1. The Morgan fingerprint density at radius 2 is 1.72 bits per heavy atom. The number of pyridine rings is 1. The van der Waals surface area contributed by atoms with Crippen LogP contribution in [0.4, 0.5) is 10.1 Å². The maximum atomic E-state index is 13.7. The van der Waals surface area contributed by atoms with Crippen LogP contribution in [0.1, 0.15) is 48.4 Å². The molecule has 1 N–H and O–H groups in total. The second-order valence-electron chi connectivity index (χ2n) is 12.0. The van der Waals surface area contributed by atoms with Crippen LogP contribution >= 0.6 is 0 Å². The van der Waals surface area contributed by atoms with Gasteiger partial charge in [-0.15, -0.1) is 0 Å². The van der Waals surface area contributed by atoms with E-state index in [9.17, 15) is 27.5 Å². The molecular weight excluding hydrogens is 590 g/mol. The number of hydrogen-bond donors (Lipinski definition) is 1. The summed E-state index contributed by atoms with van der Waals surface area (Å²) in [5.74, 6) is -1.92. The molecular formula is C31H36FN3O6SSi. The molecule has 0 bridgehead atoms. The quantitative estimate of drug-likeness (QED) is 0.158. The van der Waals surface area contributed by atoms with Gasteiger partial charge in [0.15, 0.2) is 14.1 Å². The first-order chi connectivity index (χ1) is 19.9. The van der Waals surface area contributed by atoms with Crippen LogP contribution in [-0.4, -0.2) is 62.6 Å². The molecule has 0 spiro atoms. The molecule has 0 radical (unpaired) electrons. The van der Waals surface area contributed by atoms with Gasteiger partial charge in [-0.05, 0) is 67.0 Å². The third-order valence-electron chi connectivity index (χ3n) is 7.89. The number of anilines is 1. The van der Waals surface area contributed by atoms with E-state index >= 15 is 0 Å². The summed E-state index contributed by atoms with van der Waals surface area (Å²) < 4.78 is 49.1. The summed E-state index contributed by atoms with van der Waals surface area (Å²) in [7, 11) is -6.07. The molecule has 0 saturated carbocycles. The summed E-state index contributed by atoms with van der Waals surface area (Å²) in [6.45, 7) is 12.0. The van der Waals surface area contributed by atoms with Gasteiger partial charge in [0.1, 0.15) is 17.1 Å². The first kappa shape index (κ1) is 32.0. The highest BCUT2D eigenvalue weighted by Crippen LogP contribution is 2.39. The topological polar surface area (TPSA) is 118 Å². The third kappa shape index (κ3) is 6.71. The molecule has 43 heavy (non-hydrogen) atoms. The minimum absolute atomic E-state index is 0.00583. The molecule has 228 valence electrons. The van der Waals surface area contributed by atoms with Crippen LogP contribution in [0.3, 0.4) is 0 Å². The van der Waals surface area contributed by atoms with E-state index in [1.165, 1.54) is 46.2 Å². The predicted octanol–water partition coefficient (Wildman–Crippen LogP) is 6.50. The summed E-state index contributed by atoms with van der Waals surface area (Å²) in [5, 5.41) is 14.6. The Hall–Kier alpha value is -3.87.